The van der Waals surface area contributed by atoms with Gasteiger partial charge in [0.2, 0.25) is 0 Å². The van der Waals surface area contributed by atoms with Gasteiger partial charge < -0.3 is 0 Å². The zero-order valence-corrected chi connectivity index (χ0v) is 48.0. The number of halogens is 2. The van der Waals surface area contributed by atoms with E-state index in [1.807, 2.05) is 12.1 Å². The number of fused-ring (bicyclic) bond motifs is 6. The minimum Gasteiger partial charge on any atom is -0.173 e. The van der Waals surface area contributed by atoms with E-state index in [1.165, 1.54) is 161 Å². The Morgan fingerprint density at radius 2 is 0.618 bits per heavy atom. The van der Waals surface area contributed by atoms with Crippen molar-refractivity contribution in [2.24, 2.45) is 0 Å². The van der Waals surface area contributed by atoms with Crippen LogP contribution >= 0.6 is 55.3 Å². The largest absolute Gasteiger partial charge is 0.173 e. The number of aromatic nitrogens is 4. The van der Waals surface area contributed by atoms with E-state index in [-0.39, 0.29) is 0 Å². The van der Waals surface area contributed by atoms with Crippen molar-refractivity contribution in [2.45, 2.75) is 79.1 Å². The van der Waals surface area contributed by atoms with E-state index < -0.39 is 0 Å². The highest BCUT2D eigenvalue weighted by Gasteiger charge is 2.25. The molecule has 0 bridgehead atoms. The third-order valence-electron chi connectivity index (χ3n) is 15.5. The average Bonchev–Trinajstić information content (AvgIpc) is 4.18. The first-order valence-corrected chi connectivity index (χ1v) is 29.5. The lowest BCUT2D eigenvalue weighted by Crippen LogP contribution is -2.08. The summed E-state index contributed by atoms with van der Waals surface area (Å²) in [6, 6.07) is 62.7. The Balaban J connectivity index is 0.000000131. The second-order valence-electron chi connectivity index (χ2n) is 20.5. The van der Waals surface area contributed by atoms with E-state index >= 15 is 0 Å². The van der Waals surface area contributed by atoms with Gasteiger partial charge in [0.25, 0.3) is 0 Å². The Kier molecular flexibility index (Phi) is 14.4. The Labute approximate surface area is 470 Å². The number of benzene rings is 10. The van der Waals surface area contributed by atoms with E-state index in [9.17, 15) is 0 Å². The smallest absolute Gasteiger partial charge is 0.120 e. The summed E-state index contributed by atoms with van der Waals surface area (Å²) in [4.78, 5) is 0. The fourth-order valence-electron chi connectivity index (χ4n) is 11.7. The summed E-state index contributed by atoms with van der Waals surface area (Å²) in [6.07, 6.45) is 9.74. The lowest BCUT2D eigenvalue weighted by molar-refractivity contribution is 0.689. The van der Waals surface area contributed by atoms with Gasteiger partial charge in [-0.3, -0.25) is 0 Å². The molecule has 0 amide bonds. The maximum Gasteiger partial charge on any atom is 0.120 e. The molecule has 2 heterocycles. The van der Waals surface area contributed by atoms with Crippen molar-refractivity contribution in [3.8, 4) is 55.6 Å². The molecule has 76 heavy (non-hydrogen) atoms. The van der Waals surface area contributed by atoms with E-state index in [4.69, 9.17) is 0 Å². The van der Waals surface area contributed by atoms with Crippen LogP contribution in [0.4, 0.5) is 0 Å². The monoisotopic (exact) mass is 1150 g/mol. The minimum atomic E-state index is 0.921. The zero-order chi connectivity index (χ0) is 51.9. The molecule has 0 atom stereocenters. The molecule has 14 rings (SSSR count). The van der Waals surface area contributed by atoms with Crippen LogP contribution in [0.15, 0.2) is 179 Å². The van der Waals surface area contributed by atoms with Gasteiger partial charge in [0, 0.05) is 14.5 Å². The van der Waals surface area contributed by atoms with Crippen LogP contribution in [-0.2, 0) is 25.7 Å². The van der Waals surface area contributed by atoms with E-state index in [1.54, 1.807) is 16.7 Å². The highest BCUT2D eigenvalue weighted by atomic mass is 79.9. The van der Waals surface area contributed by atoms with Crippen molar-refractivity contribution in [1.82, 2.24) is 17.5 Å². The standard InChI is InChI=1S/C34H28N2S.C28H26.C6H2Br2N2S/c1-21-11-14-24(15-12-21)31-27-7-3-5-9-29(27)32(30-10-6-4-8-28(30)31)25-18-16-23(17-19-25)26-20-13-22(2)33-34(26)36-37-35-33;1-19-11-15-21(16-12-19)27-23-7-3-5-9-25(23)28(22-17-13-20(2)14-18-22)26-10-6-4-8-24(26)27;7-3-1-2-4(8)6-5(3)9-11-10-6/h3,5,7,9,11-20H,4,6,8,10H2,1-2H3;3,5,7,9,11-18H,4,6,8,10H2,1-2H3;1-2H. The van der Waals surface area contributed by atoms with Crippen LogP contribution in [0.25, 0.3) is 99.2 Å². The lowest BCUT2D eigenvalue weighted by Gasteiger charge is -2.26. The van der Waals surface area contributed by atoms with Gasteiger partial charge in [-0.15, -0.1) is 0 Å². The molecule has 2 aliphatic carbocycles. The van der Waals surface area contributed by atoms with E-state index in [0.717, 1.165) is 49.4 Å². The molecule has 0 N–H and O–H groups in total. The summed E-state index contributed by atoms with van der Waals surface area (Å²) >= 11 is 9.30. The van der Waals surface area contributed by atoms with E-state index in [2.05, 4.69) is 235 Å². The van der Waals surface area contributed by atoms with Crippen molar-refractivity contribution in [2.75, 3.05) is 0 Å². The Morgan fingerprint density at radius 1 is 0.316 bits per heavy atom. The molecule has 0 aliphatic heterocycles. The summed E-state index contributed by atoms with van der Waals surface area (Å²) in [5, 5.41) is 5.50. The molecule has 0 radical (unpaired) electrons. The molecule has 0 saturated carbocycles. The first-order valence-electron chi connectivity index (χ1n) is 26.4. The maximum atomic E-state index is 4.61. The van der Waals surface area contributed by atoms with Crippen molar-refractivity contribution in [1.29, 1.82) is 0 Å². The molecular formula is C68H56Br2N4S2. The highest BCUT2D eigenvalue weighted by Crippen LogP contribution is 2.47. The SMILES string of the molecule is Brc1ccc(Br)c2nsnc12.Cc1ccc(-c2c3c(c(-c4ccc(-c5ccc(C)c6nsnc56)cc4)c4ccccc24)CCCC3)cc1.Cc1ccc(-c2c3c(c(-c4ccc(C)cc4)c4ccccc24)CCCC3)cc1. The molecule has 374 valence electrons. The van der Waals surface area contributed by atoms with E-state index in [0.29, 0.717) is 0 Å². The summed E-state index contributed by atoms with van der Waals surface area (Å²) in [7, 11) is 0. The second-order valence-corrected chi connectivity index (χ2v) is 23.2. The Bertz CT molecular complexity index is 3970. The van der Waals surface area contributed by atoms with Crippen molar-refractivity contribution >= 4 is 98.9 Å². The van der Waals surface area contributed by atoms with Crippen molar-refractivity contribution < 1.29 is 0 Å². The fourth-order valence-corrected chi connectivity index (χ4v) is 14.0. The average molecular weight is 1150 g/mol. The van der Waals surface area contributed by atoms with Gasteiger partial charge in [0.15, 0.2) is 0 Å². The number of hydrogen-bond donors (Lipinski definition) is 0. The van der Waals surface area contributed by atoms with Crippen LogP contribution in [0.3, 0.4) is 0 Å². The maximum absolute atomic E-state index is 4.61. The summed E-state index contributed by atoms with van der Waals surface area (Å²) in [5.41, 5.74) is 28.7. The molecule has 2 aliphatic rings. The summed E-state index contributed by atoms with van der Waals surface area (Å²) < 4.78 is 19.4. The van der Waals surface area contributed by atoms with Crippen LogP contribution in [0.1, 0.15) is 70.2 Å². The molecule has 0 fully saturated rings. The van der Waals surface area contributed by atoms with Gasteiger partial charge in [0.05, 0.1) is 23.5 Å². The number of hydrogen-bond acceptors (Lipinski definition) is 6. The Morgan fingerprint density at radius 3 is 0.974 bits per heavy atom. The molecule has 0 spiro atoms. The van der Waals surface area contributed by atoms with Gasteiger partial charge in [-0.2, -0.15) is 17.5 Å². The molecule has 10 aromatic carbocycles. The topological polar surface area (TPSA) is 51.6 Å². The van der Waals surface area contributed by atoms with Crippen LogP contribution < -0.4 is 0 Å². The van der Waals surface area contributed by atoms with Crippen LogP contribution in [0.5, 0.6) is 0 Å². The molecular weight excluding hydrogens is 1100 g/mol. The fraction of sp³-hybridized carbons (Fsp3) is 0.176. The Hall–Kier alpha value is -6.68. The predicted octanol–water partition coefficient (Wildman–Crippen LogP) is 20.2. The predicted molar refractivity (Wildman–Crippen MR) is 331 cm³/mol. The number of nitrogens with zero attached hydrogens (tertiary/aromatic N) is 4. The minimum absolute atomic E-state index is 0.921. The third kappa shape index (κ3) is 9.63. The van der Waals surface area contributed by atoms with Crippen molar-refractivity contribution in [3.63, 3.8) is 0 Å². The lowest BCUT2D eigenvalue weighted by atomic mass is 9.78. The third-order valence-corrected chi connectivity index (χ3v) is 17.9. The van der Waals surface area contributed by atoms with Gasteiger partial charge in [-0.05, 0) is 222 Å². The van der Waals surface area contributed by atoms with Crippen molar-refractivity contribution in [3.05, 3.63) is 223 Å². The first kappa shape index (κ1) is 50.2. The van der Waals surface area contributed by atoms with Gasteiger partial charge in [-0.1, -0.05) is 174 Å². The zero-order valence-electron chi connectivity index (χ0n) is 43.2. The second kappa shape index (κ2) is 21.7. The van der Waals surface area contributed by atoms with Crippen LogP contribution in [0, 0.1) is 27.7 Å². The molecule has 4 nitrogen and oxygen atoms in total. The highest BCUT2D eigenvalue weighted by molar-refractivity contribution is 9.11. The number of rotatable bonds is 5. The number of aryl methyl sites for hydroxylation is 4. The van der Waals surface area contributed by atoms with Gasteiger partial charge in [0.1, 0.15) is 22.1 Å². The first-order chi connectivity index (χ1) is 37.2. The molecule has 8 heteroatoms. The molecule has 0 unspecified atom stereocenters. The molecule has 2 aromatic heterocycles. The van der Waals surface area contributed by atoms with Crippen LogP contribution in [-0.4, -0.2) is 17.5 Å². The van der Waals surface area contributed by atoms with Gasteiger partial charge in [-0.25, -0.2) is 0 Å². The normalized spacial score (nSPS) is 13.0. The van der Waals surface area contributed by atoms with Gasteiger partial charge >= 0.3 is 0 Å². The summed E-state index contributed by atoms with van der Waals surface area (Å²) in [5.74, 6) is 0. The molecule has 12 aromatic rings. The summed E-state index contributed by atoms with van der Waals surface area (Å²) in [6.45, 7) is 8.59. The molecule has 0 saturated heterocycles. The van der Waals surface area contributed by atoms with Crippen LogP contribution in [0.2, 0.25) is 0 Å². The quantitative estimate of drug-likeness (QED) is 0.172.